The van der Waals surface area contributed by atoms with E-state index in [4.69, 9.17) is 23.8 Å². The number of carbonyl (C=O) groups excluding carboxylic acids is 2. The molecule has 0 saturated heterocycles. The third-order valence-electron chi connectivity index (χ3n) is 4.51. The Morgan fingerprint density at radius 3 is 2.21 bits per heavy atom. The number of alkyl halides is 3. The zero-order valence-electron chi connectivity index (χ0n) is 19.7. The summed E-state index contributed by atoms with van der Waals surface area (Å²) in [6.45, 7) is 7.79. The second kappa shape index (κ2) is 16.2. The standard InChI is InChI=1S/C24H31F3O3S.CO2/c1-4-6-14-28-21(16-30-20-9-7-19(8-10-20)24(25,26)27)17-31-22-11-12-23(18(3)15-22)29-13-5-2;2-1-3/h7-12,15,21H,4-6,13-14,16-17H2,1-3H3;. The summed E-state index contributed by atoms with van der Waals surface area (Å²) in [5, 5.41) is 0. The highest BCUT2D eigenvalue weighted by atomic mass is 32.2. The normalized spacial score (nSPS) is 11.7. The second-order valence-electron chi connectivity index (χ2n) is 7.35. The maximum absolute atomic E-state index is 12.7. The van der Waals surface area contributed by atoms with Crippen molar-refractivity contribution >= 4 is 17.9 Å². The highest BCUT2D eigenvalue weighted by molar-refractivity contribution is 7.99. The van der Waals surface area contributed by atoms with Crippen LogP contribution in [0.5, 0.6) is 11.5 Å². The van der Waals surface area contributed by atoms with Gasteiger partial charge in [0.15, 0.2) is 0 Å². The highest BCUT2D eigenvalue weighted by Crippen LogP contribution is 2.30. The smallest absolute Gasteiger partial charge is 0.416 e. The molecule has 0 bridgehead atoms. The third kappa shape index (κ3) is 11.6. The van der Waals surface area contributed by atoms with Crippen molar-refractivity contribution in [2.75, 3.05) is 25.6 Å². The van der Waals surface area contributed by atoms with Crippen LogP contribution in [0.25, 0.3) is 0 Å². The summed E-state index contributed by atoms with van der Waals surface area (Å²) in [6, 6.07) is 10.9. The Balaban J connectivity index is 0.00000182. The fourth-order valence-corrected chi connectivity index (χ4v) is 3.74. The van der Waals surface area contributed by atoms with Crippen LogP contribution in [0.1, 0.15) is 44.2 Å². The number of unbranched alkanes of at least 4 members (excludes halogenated alkanes) is 1. The van der Waals surface area contributed by atoms with Crippen molar-refractivity contribution in [3.63, 3.8) is 0 Å². The van der Waals surface area contributed by atoms with Gasteiger partial charge < -0.3 is 14.2 Å². The summed E-state index contributed by atoms with van der Waals surface area (Å²) in [6.07, 6.45) is -1.33. The SMILES string of the molecule is CCCCOC(COc1ccc(C(F)(F)F)cc1)CSc1ccc(OCCC)c(C)c1.O=C=O. The summed E-state index contributed by atoms with van der Waals surface area (Å²) in [7, 11) is 0. The van der Waals surface area contributed by atoms with Crippen molar-refractivity contribution < 1.29 is 37.0 Å². The topological polar surface area (TPSA) is 61.8 Å². The molecule has 0 aromatic heterocycles. The van der Waals surface area contributed by atoms with Gasteiger partial charge in [-0.1, -0.05) is 20.3 Å². The fraction of sp³-hybridized carbons (Fsp3) is 0.480. The van der Waals surface area contributed by atoms with Crippen LogP contribution in [-0.2, 0) is 20.5 Å². The molecule has 2 aromatic rings. The Kier molecular flexibility index (Phi) is 14.1. The molecule has 188 valence electrons. The molecule has 0 N–H and O–H groups in total. The van der Waals surface area contributed by atoms with Gasteiger partial charge in [-0.25, -0.2) is 0 Å². The van der Waals surface area contributed by atoms with Crippen molar-refractivity contribution in [2.45, 2.75) is 57.2 Å². The van der Waals surface area contributed by atoms with Crippen LogP contribution in [0, 0.1) is 6.92 Å². The number of ether oxygens (including phenoxy) is 3. The van der Waals surface area contributed by atoms with Crippen molar-refractivity contribution in [3.05, 3.63) is 53.6 Å². The first kappa shape index (κ1) is 29.6. The number of hydrogen-bond donors (Lipinski definition) is 0. The van der Waals surface area contributed by atoms with Crippen molar-refractivity contribution in [1.29, 1.82) is 0 Å². The van der Waals surface area contributed by atoms with Gasteiger partial charge in [0.2, 0.25) is 0 Å². The van der Waals surface area contributed by atoms with Crippen molar-refractivity contribution in [3.8, 4) is 11.5 Å². The average Bonchev–Trinajstić information content (AvgIpc) is 2.80. The number of thioether (sulfide) groups is 1. The average molecular weight is 501 g/mol. The van der Waals surface area contributed by atoms with E-state index in [-0.39, 0.29) is 18.9 Å². The number of hydrogen-bond acceptors (Lipinski definition) is 6. The number of rotatable bonds is 13. The Morgan fingerprint density at radius 1 is 0.971 bits per heavy atom. The first-order valence-electron chi connectivity index (χ1n) is 11.0. The van der Waals surface area contributed by atoms with E-state index in [2.05, 4.69) is 19.9 Å². The third-order valence-corrected chi connectivity index (χ3v) is 5.64. The predicted molar refractivity (Wildman–Crippen MR) is 124 cm³/mol. The zero-order valence-corrected chi connectivity index (χ0v) is 20.5. The Morgan fingerprint density at radius 2 is 1.65 bits per heavy atom. The Hall–Kier alpha value is -2.48. The molecule has 0 spiro atoms. The maximum atomic E-state index is 12.7. The summed E-state index contributed by atoms with van der Waals surface area (Å²) >= 11 is 1.66. The number of halogens is 3. The lowest BCUT2D eigenvalue weighted by Gasteiger charge is -2.19. The largest absolute Gasteiger partial charge is 0.493 e. The molecule has 0 saturated carbocycles. The fourth-order valence-electron chi connectivity index (χ4n) is 2.74. The maximum Gasteiger partial charge on any atom is 0.416 e. The van der Waals surface area contributed by atoms with Crippen molar-refractivity contribution in [2.24, 2.45) is 0 Å². The molecular weight excluding hydrogens is 469 g/mol. The van der Waals surface area contributed by atoms with Gasteiger partial charge in [-0.3, -0.25) is 0 Å². The lowest BCUT2D eigenvalue weighted by atomic mass is 10.2. The van der Waals surface area contributed by atoms with Crippen molar-refractivity contribution in [1.82, 2.24) is 0 Å². The van der Waals surface area contributed by atoms with Gasteiger partial charge in [-0.05, 0) is 67.8 Å². The van der Waals surface area contributed by atoms with E-state index in [9.17, 15) is 13.2 Å². The Bertz CT molecular complexity index is 866. The molecule has 0 amide bonds. The van der Waals surface area contributed by atoms with E-state index in [1.54, 1.807) is 11.8 Å². The lowest BCUT2D eigenvalue weighted by Crippen LogP contribution is -2.25. The van der Waals surface area contributed by atoms with Crippen LogP contribution in [0.15, 0.2) is 47.4 Å². The van der Waals surface area contributed by atoms with E-state index in [0.717, 1.165) is 47.6 Å². The van der Waals surface area contributed by atoms with Crippen LogP contribution in [0.3, 0.4) is 0 Å². The van der Waals surface area contributed by atoms with Crippen LogP contribution >= 0.6 is 11.8 Å². The summed E-state index contributed by atoms with van der Waals surface area (Å²) in [5.41, 5.74) is 0.399. The summed E-state index contributed by atoms with van der Waals surface area (Å²) < 4.78 is 55.5. The van der Waals surface area contributed by atoms with E-state index in [1.165, 1.54) is 12.1 Å². The molecule has 0 fully saturated rings. The number of aryl methyl sites for hydroxylation is 1. The van der Waals surface area contributed by atoms with E-state index < -0.39 is 11.7 Å². The van der Waals surface area contributed by atoms with Crippen LogP contribution in [0.4, 0.5) is 13.2 Å². The molecule has 0 aliphatic heterocycles. The van der Waals surface area contributed by atoms with Crippen LogP contribution < -0.4 is 9.47 Å². The highest BCUT2D eigenvalue weighted by Gasteiger charge is 2.30. The van der Waals surface area contributed by atoms with Crippen LogP contribution in [-0.4, -0.2) is 37.8 Å². The zero-order chi connectivity index (χ0) is 25.4. The minimum atomic E-state index is -4.35. The first-order chi connectivity index (χ1) is 16.2. The van der Waals surface area contributed by atoms with E-state index in [1.807, 2.05) is 19.1 Å². The molecule has 0 radical (unpaired) electrons. The van der Waals surface area contributed by atoms with Gasteiger partial charge in [-0.2, -0.15) is 22.8 Å². The van der Waals surface area contributed by atoms with Gasteiger partial charge >= 0.3 is 12.3 Å². The molecule has 2 aromatic carbocycles. The molecule has 34 heavy (non-hydrogen) atoms. The first-order valence-corrected chi connectivity index (χ1v) is 12.0. The predicted octanol–water partition coefficient (Wildman–Crippen LogP) is 6.58. The lowest BCUT2D eigenvalue weighted by molar-refractivity contribution is -0.191. The monoisotopic (exact) mass is 500 g/mol. The quantitative estimate of drug-likeness (QED) is 0.229. The Labute approximate surface area is 203 Å². The number of benzene rings is 2. The summed E-state index contributed by atoms with van der Waals surface area (Å²) in [4.78, 5) is 17.4. The summed E-state index contributed by atoms with van der Waals surface area (Å²) in [5.74, 6) is 1.97. The minimum Gasteiger partial charge on any atom is -0.493 e. The second-order valence-corrected chi connectivity index (χ2v) is 8.44. The van der Waals surface area contributed by atoms with Gasteiger partial charge in [0.05, 0.1) is 12.2 Å². The molecule has 1 atom stereocenters. The molecule has 2 rings (SSSR count). The molecule has 0 aliphatic rings. The molecule has 5 nitrogen and oxygen atoms in total. The molecule has 0 heterocycles. The van der Waals surface area contributed by atoms with Crippen LogP contribution in [0.2, 0.25) is 0 Å². The molecule has 0 aliphatic carbocycles. The van der Waals surface area contributed by atoms with E-state index in [0.29, 0.717) is 24.7 Å². The molecule has 9 heteroatoms. The van der Waals surface area contributed by atoms with Gasteiger partial charge in [0, 0.05) is 17.3 Å². The van der Waals surface area contributed by atoms with Gasteiger partial charge in [0.1, 0.15) is 24.2 Å². The molecular formula is C25H31F3O5S. The van der Waals surface area contributed by atoms with Gasteiger partial charge in [-0.15, -0.1) is 11.8 Å². The van der Waals surface area contributed by atoms with Gasteiger partial charge in [0.25, 0.3) is 0 Å². The minimum absolute atomic E-state index is 0.171. The molecule has 1 unspecified atom stereocenters. The van der Waals surface area contributed by atoms with E-state index >= 15 is 0 Å².